The topological polar surface area (TPSA) is 92.6 Å². The van der Waals surface area contributed by atoms with Gasteiger partial charge in [-0.1, -0.05) is 37.2 Å². The summed E-state index contributed by atoms with van der Waals surface area (Å²) in [6.45, 7) is 5.59. The summed E-state index contributed by atoms with van der Waals surface area (Å²) in [7, 11) is 1.99. The Morgan fingerprint density at radius 1 is 1.02 bits per heavy atom. The number of nitrogens with zero attached hydrogens (tertiary/aromatic N) is 5. The van der Waals surface area contributed by atoms with E-state index in [1.165, 1.54) is 37.4 Å². The second-order valence-corrected chi connectivity index (χ2v) is 11.8. The molecule has 2 aliphatic rings. The first-order chi connectivity index (χ1) is 19.5. The molecule has 0 bridgehead atoms. The van der Waals surface area contributed by atoms with Crippen molar-refractivity contribution >= 4 is 29.4 Å². The zero-order valence-electron chi connectivity index (χ0n) is 23.3. The molecule has 3 aromatic rings. The maximum Gasteiger partial charge on any atom is 0.416 e. The predicted molar refractivity (Wildman–Crippen MR) is 157 cm³/mol. The van der Waals surface area contributed by atoms with E-state index in [4.69, 9.17) is 4.74 Å². The Hall–Kier alpha value is -3.37. The monoisotopic (exact) mass is 562 g/mol. The maximum atomic E-state index is 12.8. The van der Waals surface area contributed by atoms with Crippen LogP contribution in [0, 0.1) is 0 Å². The second kappa shape index (κ2) is 13.3. The molecule has 2 aliphatic heterocycles. The number of hydrogen-bond donors (Lipinski definition) is 1. The van der Waals surface area contributed by atoms with E-state index >= 15 is 0 Å². The summed E-state index contributed by atoms with van der Waals surface area (Å²) in [5.74, 6) is 0.00809. The highest BCUT2D eigenvalue weighted by atomic mass is 32.2. The van der Waals surface area contributed by atoms with E-state index in [0.29, 0.717) is 35.6 Å². The fourth-order valence-corrected chi connectivity index (χ4v) is 6.46. The number of thioether (sulfide) groups is 1. The van der Waals surface area contributed by atoms with Gasteiger partial charge in [-0.3, -0.25) is 9.69 Å². The number of aryl methyl sites for hydroxylation is 1. The third-order valence-electron chi connectivity index (χ3n) is 7.76. The Balaban J connectivity index is 1.07. The van der Waals surface area contributed by atoms with Gasteiger partial charge in [-0.05, 0) is 62.4 Å². The average Bonchev–Trinajstić information content (AvgIpc) is 3.39. The summed E-state index contributed by atoms with van der Waals surface area (Å²) in [6.07, 6.45) is 11.6. The van der Waals surface area contributed by atoms with Gasteiger partial charge in [0.1, 0.15) is 0 Å². The summed E-state index contributed by atoms with van der Waals surface area (Å²) in [5, 5.41) is 4.29. The first kappa shape index (κ1) is 28.2. The zero-order valence-corrected chi connectivity index (χ0v) is 24.1. The minimum absolute atomic E-state index is 0.200. The standard InChI is InChI=1S/C30H38N6O3S/c1-3-25-6-4-5-16-36(25)21-22-7-9-23(10-8-22)28(37)33-24-11-12-27(32-20-24)39-30(38)35-17-13-26(14-18-35)40-29-31-15-19-34(29)2/h7-12,15,19-20,25-26H,3-6,13-14,16-18,21H2,1-2H3,(H,33,37). The summed E-state index contributed by atoms with van der Waals surface area (Å²) in [4.78, 5) is 38.3. The maximum absolute atomic E-state index is 12.8. The predicted octanol–water partition coefficient (Wildman–Crippen LogP) is 5.59. The Morgan fingerprint density at radius 3 is 2.50 bits per heavy atom. The van der Waals surface area contributed by atoms with Crippen molar-refractivity contribution < 1.29 is 14.3 Å². The highest BCUT2D eigenvalue weighted by molar-refractivity contribution is 7.99. The van der Waals surface area contributed by atoms with Crippen molar-refractivity contribution in [1.29, 1.82) is 0 Å². The van der Waals surface area contributed by atoms with Gasteiger partial charge in [0.25, 0.3) is 5.91 Å². The van der Waals surface area contributed by atoms with E-state index in [0.717, 1.165) is 31.1 Å². The highest BCUT2D eigenvalue weighted by Gasteiger charge is 2.26. The minimum Gasteiger partial charge on any atom is -0.391 e. The molecule has 1 unspecified atom stereocenters. The molecule has 4 heterocycles. The number of anilines is 1. The van der Waals surface area contributed by atoms with Crippen LogP contribution in [0.5, 0.6) is 5.88 Å². The molecule has 2 amide bonds. The number of likely N-dealkylation sites (tertiary alicyclic amines) is 2. The van der Waals surface area contributed by atoms with E-state index in [-0.39, 0.29) is 11.8 Å². The smallest absolute Gasteiger partial charge is 0.391 e. The number of carbonyl (C=O) groups is 2. The Bertz CT molecular complexity index is 1270. The van der Waals surface area contributed by atoms with Crippen LogP contribution in [0.2, 0.25) is 0 Å². The van der Waals surface area contributed by atoms with Crippen LogP contribution in [0.25, 0.3) is 0 Å². The Labute approximate surface area is 240 Å². The van der Waals surface area contributed by atoms with Crippen molar-refractivity contribution in [3.05, 3.63) is 66.1 Å². The van der Waals surface area contributed by atoms with Crippen molar-refractivity contribution in [3.63, 3.8) is 0 Å². The molecule has 9 nitrogen and oxygen atoms in total. The van der Waals surface area contributed by atoms with Crippen LogP contribution in [0.15, 0.2) is 60.1 Å². The van der Waals surface area contributed by atoms with Gasteiger partial charge in [0.2, 0.25) is 5.88 Å². The number of amides is 2. The quantitative estimate of drug-likeness (QED) is 0.383. The summed E-state index contributed by atoms with van der Waals surface area (Å²) in [5.41, 5.74) is 2.36. The van der Waals surface area contributed by atoms with Crippen LogP contribution < -0.4 is 10.1 Å². The van der Waals surface area contributed by atoms with E-state index in [9.17, 15) is 9.59 Å². The number of imidazole rings is 1. The largest absolute Gasteiger partial charge is 0.416 e. The summed E-state index contributed by atoms with van der Waals surface area (Å²) >= 11 is 1.75. The Kier molecular flexibility index (Phi) is 9.38. The van der Waals surface area contributed by atoms with Crippen LogP contribution in [0.3, 0.4) is 0 Å². The van der Waals surface area contributed by atoms with Gasteiger partial charge in [-0.25, -0.2) is 14.8 Å². The third kappa shape index (κ3) is 7.22. The van der Waals surface area contributed by atoms with E-state index in [1.54, 1.807) is 35.0 Å². The molecule has 1 aromatic carbocycles. The number of carbonyl (C=O) groups excluding carboxylic acids is 2. The molecular formula is C30H38N6O3S. The van der Waals surface area contributed by atoms with Crippen LogP contribution in [0.1, 0.15) is 61.4 Å². The molecule has 1 atom stereocenters. The number of pyridine rings is 1. The number of ether oxygens (including phenoxy) is 1. The number of piperidine rings is 2. The molecule has 2 fully saturated rings. The lowest BCUT2D eigenvalue weighted by Crippen LogP contribution is -2.41. The number of hydrogen-bond acceptors (Lipinski definition) is 7. The van der Waals surface area contributed by atoms with Gasteiger partial charge < -0.3 is 19.5 Å². The fraction of sp³-hybridized carbons (Fsp3) is 0.467. The van der Waals surface area contributed by atoms with Gasteiger partial charge in [0.15, 0.2) is 5.16 Å². The van der Waals surface area contributed by atoms with Gasteiger partial charge in [-0.15, -0.1) is 0 Å². The number of rotatable bonds is 8. The minimum atomic E-state index is -0.403. The molecule has 212 valence electrons. The van der Waals surface area contributed by atoms with E-state index in [1.807, 2.05) is 42.1 Å². The second-order valence-electron chi connectivity index (χ2n) is 10.6. The molecule has 2 aromatic heterocycles. The van der Waals surface area contributed by atoms with Crippen LogP contribution in [-0.4, -0.2) is 67.3 Å². The highest BCUT2D eigenvalue weighted by Crippen LogP contribution is 2.29. The average molecular weight is 563 g/mol. The summed E-state index contributed by atoms with van der Waals surface area (Å²) < 4.78 is 7.50. The lowest BCUT2D eigenvalue weighted by Gasteiger charge is -2.35. The molecule has 40 heavy (non-hydrogen) atoms. The van der Waals surface area contributed by atoms with Gasteiger partial charge in [-0.2, -0.15) is 0 Å². The zero-order chi connectivity index (χ0) is 27.9. The first-order valence-electron chi connectivity index (χ1n) is 14.2. The number of nitrogens with one attached hydrogen (secondary N) is 1. The van der Waals surface area contributed by atoms with Crippen molar-refractivity contribution in [1.82, 2.24) is 24.3 Å². The number of benzene rings is 1. The van der Waals surface area contributed by atoms with Gasteiger partial charge in [0.05, 0.1) is 11.9 Å². The van der Waals surface area contributed by atoms with Crippen LogP contribution >= 0.6 is 11.8 Å². The molecule has 1 N–H and O–H groups in total. The summed E-state index contributed by atoms with van der Waals surface area (Å²) in [6, 6.07) is 11.8. The lowest BCUT2D eigenvalue weighted by atomic mass is 9.99. The first-order valence-corrected chi connectivity index (χ1v) is 15.1. The van der Waals surface area contributed by atoms with Crippen LogP contribution in [0.4, 0.5) is 10.5 Å². The molecule has 2 saturated heterocycles. The molecule has 0 spiro atoms. The van der Waals surface area contributed by atoms with Gasteiger partial charge in [0, 0.05) is 62.0 Å². The van der Waals surface area contributed by atoms with Gasteiger partial charge >= 0.3 is 6.09 Å². The molecular weight excluding hydrogens is 524 g/mol. The Morgan fingerprint density at radius 2 is 1.82 bits per heavy atom. The SMILES string of the molecule is CCC1CCCCN1Cc1ccc(C(=O)Nc2ccc(OC(=O)N3CCC(Sc4nccn4C)CC3)nc2)cc1. The number of aromatic nitrogens is 3. The molecule has 10 heteroatoms. The van der Waals surface area contributed by atoms with Crippen molar-refractivity contribution in [3.8, 4) is 5.88 Å². The third-order valence-corrected chi connectivity index (χ3v) is 9.17. The van der Waals surface area contributed by atoms with Crippen molar-refractivity contribution in [2.75, 3.05) is 25.0 Å². The molecule has 0 radical (unpaired) electrons. The fourth-order valence-electron chi connectivity index (χ4n) is 5.37. The van der Waals surface area contributed by atoms with Crippen molar-refractivity contribution in [2.45, 2.75) is 68.4 Å². The lowest BCUT2D eigenvalue weighted by molar-refractivity contribution is 0.102. The molecule has 0 saturated carbocycles. The normalized spacial score (nSPS) is 18.4. The molecule has 5 rings (SSSR count). The van der Waals surface area contributed by atoms with E-state index < -0.39 is 6.09 Å². The van der Waals surface area contributed by atoms with Crippen LogP contribution in [-0.2, 0) is 13.6 Å². The van der Waals surface area contributed by atoms with E-state index in [2.05, 4.69) is 27.1 Å². The van der Waals surface area contributed by atoms with Crippen molar-refractivity contribution in [2.24, 2.45) is 7.05 Å². The molecule has 0 aliphatic carbocycles.